The molecule has 4 rings (SSSR count). The maximum absolute atomic E-state index is 12.7. The van der Waals surface area contributed by atoms with Crippen molar-refractivity contribution in [2.24, 2.45) is 0 Å². The minimum absolute atomic E-state index is 0.0485. The molecule has 3 aromatic rings. The molecule has 0 spiro atoms. The summed E-state index contributed by atoms with van der Waals surface area (Å²) in [5.74, 6) is -1.16. The summed E-state index contributed by atoms with van der Waals surface area (Å²) in [4.78, 5) is 70.8. The molecule has 2 heterocycles. The number of H-pyrrole nitrogens is 1. The van der Waals surface area contributed by atoms with Crippen LogP contribution >= 0.6 is 0 Å². The SMILES string of the molecule is CNC(=O)C(CC(=O)N1CCN(c2cccc(CNC(=O)c3nc4ccccc4c(=O)[nH]3)c2)CC1)NC=O. The minimum Gasteiger partial charge on any atom is -0.368 e. The van der Waals surface area contributed by atoms with Gasteiger partial charge >= 0.3 is 0 Å². The molecule has 4 amide bonds. The molecule has 1 aromatic heterocycles. The summed E-state index contributed by atoms with van der Waals surface area (Å²) in [5, 5.41) is 8.04. The molecule has 1 aliphatic heterocycles. The van der Waals surface area contributed by atoms with Crippen molar-refractivity contribution in [3.05, 3.63) is 70.3 Å². The summed E-state index contributed by atoms with van der Waals surface area (Å²) in [6, 6.07) is 13.6. The van der Waals surface area contributed by atoms with Crippen LogP contribution in [0.1, 0.15) is 22.6 Å². The van der Waals surface area contributed by atoms with Gasteiger partial charge in [0.05, 0.1) is 17.3 Å². The molecular weight excluding hydrogens is 490 g/mol. The van der Waals surface area contributed by atoms with Crippen LogP contribution in [0.5, 0.6) is 0 Å². The van der Waals surface area contributed by atoms with E-state index in [2.05, 4.69) is 30.8 Å². The lowest BCUT2D eigenvalue weighted by Crippen LogP contribution is -2.51. The summed E-state index contributed by atoms with van der Waals surface area (Å²) >= 11 is 0. The fourth-order valence-electron chi connectivity index (χ4n) is 4.32. The molecule has 0 aliphatic carbocycles. The highest BCUT2D eigenvalue weighted by Gasteiger charge is 2.26. The van der Waals surface area contributed by atoms with Crippen molar-refractivity contribution in [1.29, 1.82) is 0 Å². The Balaban J connectivity index is 1.33. The van der Waals surface area contributed by atoms with Crippen LogP contribution in [0.25, 0.3) is 10.9 Å². The second kappa shape index (κ2) is 12.0. The van der Waals surface area contributed by atoms with Crippen LogP contribution in [-0.2, 0) is 20.9 Å². The van der Waals surface area contributed by atoms with Gasteiger partial charge in [-0.3, -0.25) is 24.0 Å². The Morgan fingerprint density at radius 1 is 1.08 bits per heavy atom. The van der Waals surface area contributed by atoms with Gasteiger partial charge in [-0.05, 0) is 29.8 Å². The Bertz CT molecular complexity index is 1400. The van der Waals surface area contributed by atoms with E-state index in [9.17, 15) is 24.0 Å². The molecule has 1 unspecified atom stereocenters. The average molecular weight is 520 g/mol. The predicted octanol–water partition coefficient (Wildman–Crippen LogP) is -0.248. The van der Waals surface area contributed by atoms with Gasteiger partial charge in [0.15, 0.2) is 5.82 Å². The monoisotopic (exact) mass is 519 g/mol. The molecule has 1 saturated heterocycles. The van der Waals surface area contributed by atoms with Crippen LogP contribution in [-0.4, -0.2) is 78.3 Å². The second-order valence-corrected chi connectivity index (χ2v) is 8.81. The minimum atomic E-state index is -0.905. The predicted molar refractivity (Wildman–Crippen MR) is 140 cm³/mol. The van der Waals surface area contributed by atoms with E-state index in [1.165, 1.54) is 7.05 Å². The number of anilines is 1. The number of nitrogens with zero attached hydrogens (tertiary/aromatic N) is 3. The van der Waals surface area contributed by atoms with Gasteiger partial charge in [0.1, 0.15) is 6.04 Å². The van der Waals surface area contributed by atoms with E-state index in [0.29, 0.717) is 43.5 Å². The van der Waals surface area contributed by atoms with Gasteiger partial charge in [-0.1, -0.05) is 24.3 Å². The first kappa shape index (κ1) is 26.3. The summed E-state index contributed by atoms with van der Waals surface area (Å²) < 4.78 is 0. The van der Waals surface area contributed by atoms with Gasteiger partial charge in [-0.15, -0.1) is 0 Å². The lowest BCUT2D eigenvalue weighted by Gasteiger charge is -2.36. The molecule has 12 nitrogen and oxygen atoms in total. The van der Waals surface area contributed by atoms with Crippen molar-refractivity contribution in [3.63, 3.8) is 0 Å². The van der Waals surface area contributed by atoms with Crippen LogP contribution in [0, 0.1) is 0 Å². The third kappa shape index (κ3) is 6.14. The number of carbonyl (C=O) groups is 4. The van der Waals surface area contributed by atoms with E-state index < -0.39 is 17.9 Å². The second-order valence-electron chi connectivity index (χ2n) is 8.81. The molecule has 1 aliphatic rings. The molecular formula is C26H29N7O5. The number of aromatic amines is 1. The lowest BCUT2D eigenvalue weighted by molar-refractivity contribution is -0.135. The van der Waals surface area contributed by atoms with E-state index in [1.807, 2.05) is 24.3 Å². The van der Waals surface area contributed by atoms with Crippen molar-refractivity contribution in [2.45, 2.75) is 19.0 Å². The summed E-state index contributed by atoms with van der Waals surface area (Å²) in [5.41, 5.74) is 1.90. The third-order valence-electron chi connectivity index (χ3n) is 6.40. The highest BCUT2D eigenvalue weighted by atomic mass is 16.2. The number of benzene rings is 2. The highest BCUT2D eigenvalue weighted by Crippen LogP contribution is 2.19. The number of likely N-dealkylation sites (N-methyl/N-ethyl adjacent to an activating group) is 1. The largest absolute Gasteiger partial charge is 0.368 e. The van der Waals surface area contributed by atoms with Gasteiger partial charge < -0.3 is 30.7 Å². The Morgan fingerprint density at radius 3 is 2.58 bits per heavy atom. The maximum Gasteiger partial charge on any atom is 0.287 e. The van der Waals surface area contributed by atoms with E-state index in [4.69, 9.17) is 0 Å². The Labute approximate surface area is 218 Å². The Morgan fingerprint density at radius 2 is 1.84 bits per heavy atom. The van der Waals surface area contributed by atoms with Gasteiger partial charge in [-0.2, -0.15) is 0 Å². The standard InChI is InChI=1S/C26H29N7O5/c1-27-25(37)21(29-16-34)14-22(35)33-11-9-32(10-12-33)18-6-4-5-17(13-18)15-28-26(38)23-30-20-8-3-2-7-19(20)24(36)31-23/h2-8,13,16,21H,9-12,14-15H2,1H3,(H,27,37)(H,28,38)(H,29,34)(H,30,31,36). The average Bonchev–Trinajstić information content (AvgIpc) is 2.95. The van der Waals surface area contributed by atoms with Crippen molar-refractivity contribution in [3.8, 4) is 0 Å². The van der Waals surface area contributed by atoms with Crippen molar-refractivity contribution >= 4 is 40.7 Å². The fourth-order valence-corrected chi connectivity index (χ4v) is 4.32. The normalized spacial score (nSPS) is 14.0. The summed E-state index contributed by atoms with van der Waals surface area (Å²) in [7, 11) is 1.45. The molecule has 2 aromatic carbocycles. The Hall–Kier alpha value is -4.74. The molecule has 12 heteroatoms. The topological polar surface area (TPSA) is 157 Å². The zero-order valence-corrected chi connectivity index (χ0v) is 20.9. The van der Waals surface area contributed by atoms with Crippen LogP contribution in [0.4, 0.5) is 5.69 Å². The zero-order chi connectivity index (χ0) is 27.1. The highest BCUT2D eigenvalue weighted by molar-refractivity contribution is 5.92. The number of rotatable bonds is 9. The van der Waals surface area contributed by atoms with Crippen LogP contribution < -0.4 is 26.4 Å². The number of amides is 4. The van der Waals surface area contributed by atoms with E-state index in [1.54, 1.807) is 29.2 Å². The van der Waals surface area contributed by atoms with Crippen LogP contribution in [0.15, 0.2) is 53.3 Å². The number of hydrogen-bond donors (Lipinski definition) is 4. The van der Waals surface area contributed by atoms with E-state index in [0.717, 1.165) is 11.3 Å². The maximum atomic E-state index is 12.7. The zero-order valence-electron chi connectivity index (χ0n) is 20.9. The molecule has 38 heavy (non-hydrogen) atoms. The summed E-state index contributed by atoms with van der Waals surface area (Å²) in [6.45, 7) is 2.38. The molecule has 0 saturated carbocycles. The fraction of sp³-hybridized carbons (Fsp3) is 0.308. The Kier molecular flexibility index (Phi) is 8.31. The van der Waals surface area contributed by atoms with Crippen LogP contribution in [0.2, 0.25) is 0 Å². The number of para-hydroxylation sites is 1. The van der Waals surface area contributed by atoms with Gasteiger partial charge in [0.25, 0.3) is 11.5 Å². The number of fused-ring (bicyclic) bond motifs is 1. The van der Waals surface area contributed by atoms with E-state index >= 15 is 0 Å². The number of aromatic nitrogens is 2. The van der Waals surface area contributed by atoms with Gasteiger partial charge in [0, 0.05) is 45.5 Å². The number of carbonyl (C=O) groups excluding carboxylic acids is 4. The molecule has 1 atom stereocenters. The quantitative estimate of drug-likeness (QED) is 0.284. The smallest absolute Gasteiger partial charge is 0.287 e. The van der Waals surface area contributed by atoms with Crippen molar-refractivity contribution in [1.82, 2.24) is 30.8 Å². The van der Waals surface area contributed by atoms with Crippen molar-refractivity contribution < 1.29 is 19.2 Å². The number of piperazine rings is 1. The van der Waals surface area contributed by atoms with Gasteiger partial charge in [-0.25, -0.2) is 4.98 Å². The first-order valence-corrected chi connectivity index (χ1v) is 12.2. The molecule has 4 N–H and O–H groups in total. The summed E-state index contributed by atoms with van der Waals surface area (Å²) in [6.07, 6.45) is 0.309. The number of hydrogen-bond acceptors (Lipinski definition) is 7. The molecule has 0 bridgehead atoms. The van der Waals surface area contributed by atoms with Crippen molar-refractivity contribution in [2.75, 3.05) is 38.1 Å². The first-order valence-electron chi connectivity index (χ1n) is 12.2. The number of nitrogens with one attached hydrogen (secondary N) is 4. The molecule has 198 valence electrons. The molecule has 1 fully saturated rings. The van der Waals surface area contributed by atoms with Gasteiger partial charge in [0.2, 0.25) is 18.2 Å². The lowest BCUT2D eigenvalue weighted by atomic mass is 10.1. The third-order valence-corrected chi connectivity index (χ3v) is 6.40. The first-order chi connectivity index (χ1) is 18.4. The molecule has 0 radical (unpaired) electrons. The van der Waals surface area contributed by atoms with Crippen LogP contribution in [0.3, 0.4) is 0 Å². The van der Waals surface area contributed by atoms with E-state index in [-0.39, 0.29) is 30.3 Å².